The lowest BCUT2D eigenvalue weighted by Gasteiger charge is -2.31. The first kappa shape index (κ1) is 32.2. The van der Waals surface area contributed by atoms with E-state index in [1.165, 1.54) is 110 Å². The SMILES string of the molecule is c1ccc2c(c1)-c1ccccc1C21c2cc(-c3c4ccccc4cc4c3ccc3ccccc34)ccc2-c2cc3c(-c4ccc5oc6ccccc6c5c4)cccc3cc21. The quantitative estimate of drug-likeness (QED) is 0.126. The van der Waals surface area contributed by atoms with E-state index < -0.39 is 5.41 Å². The molecule has 0 radical (unpaired) electrons. The zero-order valence-corrected chi connectivity index (χ0v) is 32.5. The van der Waals surface area contributed by atoms with E-state index in [9.17, 15) is 0 Å². The minimum absolute atomic E-state index is 0.486. The number of hydrogen-bond acceptors (Lipinski definition) is 1. The van der Waals surface area contributed by atoms with E-state index in [0.29, 0.717) is 0 Å². The third-order valence-corrected chi connectivity index (χ3v) is 13.8. The molecule has 14 rings (SSSR count). The molecule has 276 valence electrons. The molecule has 1 spiro atoms. The number of furan rings is 1. The van der Waals surface area contributed by atoms with E-state index >= 15 is 0 Å². The highest BCUT2D eigenvalue weighted by atomic mass is 16.3. The third kappa shape index (κ3) is 4.11. The van der Waals surface area contributed by atoms with Gasteiger partial charge in [0.2, 0.25) is 0 Å². The smallest absolute Gasteiger partial charge is 0.135 e. The molecule has 2 aliphatic carbocycles. The summed E-state index contributed by atoms with van der Waals surface area (Å²) in [5.74, 6) is 0. The maximum absolute atomic E-state index is 6.25. The Labute approximate surface area is 346 Å². The van der Waals surface area contributed by atoms with Crippen LogP contribution in [0.2, 0.25) is 0 Å². The van der Waals surface area contributed by atoms with Gasteiger partial charge in [0.1, 0.15) is 11.2 Å². The van der Waals surface area contributed by atoms with Crippen molar-refractivity contribution in [3.63, 3.8) is 0 Å². The van der Waals surface area contributed by atoms with Crippen molar-refractivity contribution in [1.82, 2.24) is 0 Å². The minimum Gasteiger partial charge on any atom is -0.456 e. The van der Waals surface area contributed by atoms with E-state index in [1.807, 2.05) is 6.07 Å². The molecule has 0 atom stereocenters. The highest BCUT2D eigenvalue weighted by molar-refractivity contribution is 6.20. The van der Waals surface area contributed by atoms with Crippen molar-refractivity contribution in [1.29, 1.82) is 0 Å². The molecule has 0 saturated carbocycles. The average Bonchev–Trinajstić information content (AvgIpc) is 3.93. The first-order valence-electron chi connectivity index (χ1n) is 20.9. The Bertz CT molecular complexity index is 3800. The topological polar surface area (TPSA) is 13.1 Å². The van der Waals surface area contributed by atoms with Crippen LogP contribution >= 0.6 is 0 Å². The predicted octanol–water partition coefficient (Wildman–Crippen LogP) is 15.9. The van der Waals surface area contributed by atoms with Crippen LogP contribution < -0.4 is 0 Å². The summed E-state index contributed by atoms with van der Waals surface area (Å²) in [6, 6.07) is 77.2. The highest BCUT2D eigenvalue weighted by Gasteiger charge is 2.52. The lowest BCUT2D eigenvalue weighted by molar-refractivity contribution is 0.669. The molecule has 1 heterocycles. The maximum atomic E-state index is 6.25. The molecule has 1 nitrogen and oxygen atoms in total. The molecule has 11 aromatic carbocycles. The zero-order chi connectivity index (χ0) is 39.1. The van der Waals surface area contributed by atoms with Crippen LogP contribution in [0.4, 0.5) is 0 Å². The van der Waals surface area contributed by atoms with Crippen LogP contribution in [0, 0.1) is 0 Å². The number of fused-ring (bicyclic) bond motifs is 18. The Balaban J connectivity index is 1.08. The van der Waals surface area contributed by atoms with Crippen LogP contribution in [0.15, 0.2) is 211 Å². The Hall–Kier alpha value is -7.74. The van der Waals surface area contributed by atoms with Crippen molar-refractivity contribution in [3.05, 3.63) is 229 Å². The summed E-state index contributed by atoms with van der Waals surface area (Å²) < 4.78 is 6.25. The average molecular weight is 759 g/mol. The number of benzene rings is 11. The fourth-order valence-corrected chi connectivity index (χ4v) is 11.3. The van der Waals surface area contributed by atoms with Crippen LogP contribution in [0.25, 0.3) is 110 Å². The zero-order valence-electron chi connectivity index (χ0n) is 32.5. The molecule has 0 N–H and O–H groups in total. The molecule has 0 unspecified atom stereocenters. The van der Waals surface area contributed by atoms with E-state index in [1.54, 1.807) is 0 Å². The Morgan fingerprint density at radius 2 is 0.883 bits per heavy atom. The molecule has 2 aliphatic rings. The first-order valence-corrected chi connectivity index (χ1v) is 20.9. The van der Waals surface area contributed by atoms with Gasteiger partial charge in [-0.25, -0.2) is 0 Å². The van der Waals surface area contributed by atoms with Crippen LogP contribution in [0.5, 0.6) is 0 Å². The lowest BCUT2D eigenvalue weighted by atomic mass is 9.70. The summed E-state index contributed by atoms with van der Waals surface area (Å²) in [5, 5.41) is 12.4. The van der Waals surface area contributed by atoms with Gasteiger partial charge < -0.3 is 4.42 Å². The van der Waals surface area contributed by atoms with E-state index in [0.717, 1.165) is 21.9 Å². The monoisotopic (exact) mass is 758 g/mol. The summed E-state index contributed by atoms with van der Waals surface area (Å²) in [4.78, 5) is 0. The molecule has 1 heteroatoms. The Kier molecular flexibility index (Phi) is 6.28. The second-order valence-electron chi connectivity index (χ2n) is 16.7. The van der Waals surface area contributed by atoms with Gasteiger partial charge >= 0.3 is 0 Å². The standard InChI is InChI=1S/C59H34O/c1-3-15-40-35(12-1)24-28-47-49(40)30-36-13-2-4-16-42(36)58(47)39-25-27-45-50-34-48-37(14-11-20-41(48)38-26-29-57-51(31-38)46-19-7-10-23-56(46)60-57)32-55(50)59(54(45)33-39)52-21-8-5-17-43(52)44-18-6-9-22-53(44)59/h1-34H. The molecule has 0 fully saturated rings. The summed E-state index contributed by atoms with van der Waals surface area (Å²) >= 11 is 0. The molecule has 1 aromatic heterocycles. The molecule has 60 heavy (non-hydrogen) atoms. The molecule has 0 saturated heterocycles. The molecular formula is C59H34O. The van der Waals surface area contributed by atoms with E-state index in [2.05, 4.69) is 200 Å². The predicted molar refractivity (Wildman–Crippen MR) is 251 cm³/mol. The maximum Gasteiger partial charge on any atom is 0.135 e. The first-order chi connectivity index (χ1) is 29.7. The molecule has 0 aliphatic heterocycles. The second-order valence-corrected chi connectivity index (χ2v) is 16.7. The van der Waals surface area contributed by atoms with Gasteiger partial charge in [-0.05, 0) is 152 Å². The van der Waals surface area contributed by atoms with Gasteiger partial charge in [-0.3, -0.25) is 0 Å². The normalized spacial score (nSPS) is 13.5. The van der Waals surface area contributed by atoms with Crippen LogP contribution in [-0.4, -0.2) is 0 Å². The largest absolute Gasteiger partial charge is 0.456 e. The van der Waals surface area contributed by atoms with Gasteiger partial charge in [0, 0.05) is 10.8 Å². The van der Waals surface area contributed by atoms with Crippen LogP contribution in [-0.2, 0) is 5.41 Å². The summed E-state index contributed by atoms with van der Waals surface area (Å²) in [6.07, 6.45) is 0. The van der Waals surface area contributed by atoms with Gasteiger partial charge in [-0.2, -0.15) is 0 Å². The van der Waals surface area contributed by atoms with Crippen molar-refractivity contribution < 1.29 is 4.42 Å². The van der Waals surface area contributed by atoms with Gasteiger partial charge in [0.25, 0.3) is 0 Å². The Morgan fingerprint density at radius 3 is 1.73 bits per heavy atom. The van der Waals surface area contributed by atoms with Gasteiger partial charge in [0.05, 0.1) is 5.41 Å². The molecular weight excluding hydrogens is 725 g/mol. The Morgan fingerprint density at radius 1 is 0.267 bits per heavy atom. The second kappa shape index (κ2) is 11.7. The van der Waals surface area contributed by atoms with E-state index in [4.69, 9.17) is 4.42 Å². The van der Waals surface area contributed by atoms with Gasteiger partial charge in [-0.1, -0.05) is 164 Å². The van der Waals surface area contributed by atoms with Crippen molar-refractivity contribution >= 4 is 65.0 Å². The minimum atomic E-state index is -0.486. The van der Waals surface area contributed by atoms with Crippen molar-refractivity contribution in [3.8, 4) is 44.5 Å². The van der Waals surface area contributed by atoms with Crippen molar-refractivity contribution in [2.75, 3.05) is 0 Å². The van der Waals surface area contributed by atoms with Crippen LogP contribution in [0.3, 0.4) is 0 Å². The third-order valence-electron chi connectivity index (χ3n) is 13.8. The molecule has 0 bridgehead atoms. The highest BCUT2D eigenvalue weighted by Crippen LogP contribution is 2.64. The lowest BCUT2D eigenvalue weighted by Crippen LogP contribution is -2.25. The summed E-state index contributed by atoms with van der Waals surface area (Å²) in [5.41, 5.74) is 16.9. The fourth-order valence-electron chi connectivity index (χ4n) is 11.3. The molecule has 12 aromatic rings. The molecule has 0 amide bonds. The van der Waals surface area contributed by atoms with Gasteiger partial charge in [-0.15, -0.1) is 0 Å². The van der Waals surface area contributed by atoms with Crippen molar-refractivity contribution in [2.24, 2.45) is 0 Å². The van der Waals surface area contributed by atoms with E-state index in [-0.39, 0.29) is 0 Å². The van der Waals surface area contributed by atoms with Crippen LogP contribution in [0.1, 0.15) is 22.3 Å². The number of rotatable bonds is 2. The summed E-state index contributed by atoms with van der Waals surface area (Å²) in [7, 11) is 0. The summed E-state index contributed by atoms with van der Waals surface area (Å²) in [6.45, 7) is 0. The number of para-hydroxylation sites is 1. The fraction of sp³-hybridized carbons (Fsp3) is 0.0169. The van der Waals surface area contributed by atoms with Gasteiger partial charge in [0.15, 0.2) is 0 Å². The number of hydrogen-bond donors (Lipinski definition) is 0. The van der Waals surface area contributed by atoms with Crippen molar-refractivity contribution in [2.45, 2.75) is 5.41 Å².